The van der Waals surface area contributed by atoms with Gasteiger partial charge in [0.15, 0.2) is 4.90 Å². The van der Waals surface area contributed by atoms with E-state index < -0.39 is 32.4 Å². The fourth-order valence-corrected chi connectivity index (χ4v) is 3.68. The molecule has 1 aliphatic rings. The van der Waals surface area contributed by atoms with Gasteiger partial charge >= 0.3 is 0 Å². The molecule has 1 unspecified atom stereocenters. The van der Waals surface area contributed by atoms with Crippen LogP contribution in [0.2, 0.25) is 0 Å². The summed E-state index contributed by atoms with van der Waals surface area (Å²) in [5, 5.41) is 2.90. The maximum absolute atomic E-state index is 13.5. The van der Waals surface area contributed by atoms with Gasteiger partial charge < -0.3 is 5.32 Å². The molecule has 1 aromatic carbocycles. The van der Waals surface area contributed by atoms with Gasteiger partial charge in [-0.25, -0.2) is 21.6 Å². The molecule has 2 rings (SSSR count). The van der Waals surface area contributed by atoms with E-state index in [1.807, 2.05) is 0 Å². The Balaban J connectivity index is 0.00000200. The second-order valence-corrected chi connectivity index (χ2v) is 6.21. The lowest BCUT2D eigenvalue weighted by molar-refractivity contribution is 0.443. The van der Waals surface area contributed by atoms with Crippen molar-refractivity contribution in [2.45, 2.75) is 17.4 Å². The molecular weight excluding hydrogens is 317 g/mol. The molecule has 1 N–H and O–H groups in total. The highest BCUT2D eigenvalue weighted by Gasteiger charge is 2.35. The summed E-state index contributed by atoms with van der Waals surface area (Å²) < 4.78 is 65.2. The monoisotopic (exact) mass is 330 g/mol. The zero-order valence-corrected chi connectivity index (χ0v) is 12.2. The Morgan fingerprint density at radius 3 is 2.25 bits per heavy atom. The fraction of sp³-hybridized carbons (Fsp3) is 0.455. The Morgan fingerprint density at radius 1 is 1.25 bits per heavy atom. The van der Waals surface area contributed by atoms with E-state index in [2.05, 4.69) is 5.32 Å². The third-order valence-electron chi connectivity index (χ3n) is 3.12. The van der Waals surface area contributed by atoms with Crippen molar-refractivity contribution in [2.75, 3.05) is 20.1 Å². The fourth-order valence-electron chi connectivity index (χ4n) is 2.09. The molecule has 0 amide bonds. The lowest BCUT2D eigenvalue weighted by Crippen LogP contribution is -2.34. The van der Waals surface area contributed by atoms with Gasteiger partial charge in [0.1, 0.15) is 17.5 Å². The largest absolute Gasteiger partial charge is 0.316 e. The molecule has 0 aromatic heterocycles. The summed E-state index contributed by atoms with van der Waals surface area (Å²) in [4.78, 5) is -1.09. The molecule has 1 heterocycles. The van der Waals surface area contributed by atoms with Crippen molar-refractivity contribution in [1.29, 1.82) is 0 Å². The average molecular weight is 331 g/mol. The summed E-state index contributed by atoms with van der Waals surface area (Å²) in [6.07, 6.45) is 0.556. The van der Waals surface area contributed by atoms with Crippen molar-refractivity contribution in [2.24, 2.45) is 0 Å². The van der Waals surface area contributed by atoms with Crippen LogP contribution in [0.3, 0.4) is 0 Å². The zero-order chi connectivity index (χ0) is 14.2. The number of sulfonamides is 1. The van der Waals surface area contributed by atoms with Gasteiger partial charge in [-0.05, 0) is 13.5 Å². The number of halogens is 4. The van der Waals surface area contributed by atoms with Crippen LogP contribution < -0.4 is 5.32 Å². The number of benzene rings is 1. The van der Waals surface area contributed by atoms with Crippen LogP contribution in [0.5, 0.6) is 0 Å². The van der Waals surface area contributed by atoms with Crippen molar-refractivity contribution >= 4 is 22.4 Å². The molecule has 0 saturated carbocycles. The van der Waals surface area contributed by atoms with Crippen LogP contribution in [0, 0.1) is 17.5 Å². The predicted molar refractivity (Wildman–Crippen MR) is 69.8 cm³/mol. The van der Waals surface area contributed by atoms with E-state index in [1.165, 1.54) is 0 Å². The van der Waals surface area contributed by atoms with Crippen molar-refractivity contribution in [3.8, 4) is 0 Å². The molecular formula is C11H14ClF3N2O2S. The topological polar surface area (TPSA) is 49.4 Å². The number of likely N-dealkylation sites (N-methyl/N-ethyl adjacent to an activating group) is 1. The molecule has 20 heavy (non-hydrogen) atoms. The maximum Gasteiger partial charge on any atom is 0.248 e. The first kappa shape index (κ1) is 17.2. The van der Waals surface area contributed by atoms with E-state index >= 15 is 0 Å². The average Bonchev–Trinajstić information content (AvgIpc) is 2.75. The lowest BCUT2D eigenvalue weighted by atomic mass is 10.3. The summed E-state index contributed by atoms with van der Waals surface area (Å²) >= 11 is 0. The zero-order valence-electron chi connectivity index (χ0n) is 10.6. The summed E-state index contributed by atoms with van der Waals surface area (Å²) in [6, 6.07) is 0.671. The van der Waals surface area contributed by atoms with Gasteiger partial charge in [-0.1, -0.05) is 0 Å². The number of nitrogens with zero attached hydrogens (tertiary/aromatic N) is 1. The number of rotatable bonds is 3. The predicted octanol–water partition coefficient (Wildman–Crippen LogP) is 1.51. The molecule has 0 aliphatic carbocycles. The first-order chi connectivity index (χ1) is 8.86. The minimum Gasteiger partial charge on any atom is -0.316 e. The summed E-state index contributed by atoms with van der Waals surface area (Å²) in [7, 11) is -2.60. The summed E-state index contributed by atoms with van der Waals surface area (Å²) in [5.74, 6) is -3.97. The van der Waals surface area contributed by atoms with Crippen LogP contribution in [0.4, 0.5) is 13.2 Å². The molecule has 1 atom stereocenters. The molecule has 0 bridgehead atoms. The van der Waals surface area contributed by atoms with Crippen LogP contribution in [0.15, 0.2) is 17.0 Å². The SMILES string of the molecule is CNC1CCN(S(=O)(=O)c2c(F)cc(F)cc2F)C1.Cl. The van der Waals surface area contributed by atoms with Gasteiger partial charge in [-0.2, -0.15) is 4.31 Å². The van der Waals surface area contributed by atoms with Gasteiger partial charge in [0.2, 0.25) is 10.0 Å². The maximum atomic E-state index is 13.5. The number of nitrogens with one attached hydrogen (secondary N) is 1. The number of hydrogen-bond acceptors (Lipinski definition) is 3. The lowest BCUT2D eigenvalue weighted by Gasteiger charge is -2.17. The van der Waals surface area contributed by atoms with Crippen molar-refractivity contribution in [1.82, 2.24) is 9.62 Å². The quantitative estimate of drug-likeness (QED) is 0.914. The molecule has 0 spiro atoms. The second-order valence-electron chi connectivity index (χ2n) is 4.34. The van der Waals surface area contributed by atoms with E-state index in [-0.39, 0.29) is 31.5 Å². The summed E-state index contributed by atoms with van der Waals surface area (Å²) in [5.41, 5.74) is 0. The van der Waals surface area contributed by atoms with Gasteiger partial charge in [0.25, 0.3) is 0 Å². The smallest absolute Gasteiger partial charge is 0.248 e. The van der Waals surface area contributed by atoms with E-state index in [0.717, 1.165) is 4.31 Å². The highest BCUT2D eigenvalue weighted by molar-refractivity contribution is 7.89. The minimum absolute atomic E-state index is 0. The molecule has 1 aromatic rings. The van der Waals surface area contributed by atoms with Crippen molar-refractivity contribution < 1.29 is 21.6 Å². The Bertz CT molecular complexity index is 574. The third kappa shape index (κ3) is 3.08. The second kappa shape index (κ2) is 6.30. The van der Waals surface area contributed by atoms with E-state index in [0.29, 0.717) is 18.6 Å². The molecule has 4 nitrogen and oxygen atoms in total. The van der Waals surface area contributed by atoms with E-state index in [1.54, 1.807) is 7.05 Å². The van der Waals surface area contributed by atoms with Crippen molar-refractivity contribution in [3.63, 3.8) is 0 Å². The summed E-state index contributed by atoms with van der Waals surface area (Å²) in [6.45, 7) is 0.305. The standard InChI is InChI=1S/C11H13F3N2O2S.ClH/c1-15-8-2-3-16(6-8)19(17,18)11-9(13)4-7(12)5-10(11)14;/h4-5,8,15H,2-3,6H2,1H3;1H. The Hall–Kier alpha value is -0.830. The molecule has 1 fully saturated rings. The van der Waals surface area contributed by atoms with Crippen LogP contribution >= 0.6 is 12.4 Å². The number of hydrogen-bond donors (Lipinski definition) is 1. The normalized spacial score (nSPS) is 19.9. The molecule has 114 valence electrons. The molecule has 1 aliphatic heterocycles. The van der Waals surface area contributed by atoms with Crippen LogP contribution in [-0.2, 0) is 10.0 Å². The Morgan fingerprint density at radius 2 is 1.80 bits per heavy atom. The van der Waals surface area contributed by atoms with Gasteiger partial charge in [0, 0.05) is 31.3 Å². The minimum atomic E-state index is -4.28. The van der Waals surface area contributed by atoms with Gasteiger partial charge in [-0.15, -0.1) is 12.4 Å². The third-order valence-corrected chi connectivity index (χ3v) is 5.04. The van der Waals surface area contributed by atoms with Crippen LogP contribution in [0.25, 0.3) is 0 Å². The first-order valence-electron chi connectivity index (χ1n) is 5.68. The van der Waals surface area contributed by atoms with Gasteiger partial charge in [-0.3, -0.25) is 0 Å². The highest BCUT2D eigenvalue weighted by Crippen LogP contribution is 2.26. The Kier molecular flexibility index (Phi) is 5.42. The van der Waals surface area contributed by atoms with E-state index in [9.17, 15) is 21.6 Å². The van der Waals surface area contributed by atoms with Crippen LogP contribution in [-0.4, -0.2) is 38.9 Å². The van der Waals surface area contributed by atoms with Crippen LogP contribution in [0.1, 0.15) is 6.42 Å². The highest BCUT2D eigenvalue weighted by atomic mass is 35.5. The van der Waals surface area contributed by atoms with Gasteiger partial charge in [0.05, 0.1) is 0 Å². The molecule has 9 heteroatoms. The Labute approximate surface area is 121 Å². The molecule has 0 radical (unpaired) electrons. The molecule has 1 saturated heterocycles. The van der Waals surface area contributed by atoms with E-state index in [4.69, 9.17) is 0 Å². The first-order valence-corrected chi connectivity index (χ1v) is 7.12. The van der Waals surface area contributed by atoms with Crippen molar-refractivity contribution in [3.05, 3.63) is 29.6 Å².